The number of rotatable bonds is 7. The Morgan fingerprint density at radius 2 is 1.73 bits per heavy atom. The number of halogens is 1. The molecule has 0 spiro atoms. The van der Waals surface area contributed by atoms with Crippen LogP contribution in [-0.2, 0) is 0 Å². The number of likely N-dealkylation sites (tertiary alicyclic amines) is 1. The van der Waals surface area contributed by atoms with Crippen LogP contribution < -0.4 is 15.4 Å². The van der Waals surface area contributed by atoms with E-state index in [2.05, 4.69) is 10.6 Å². The molecule has 1 aliphatic rings. The third kappa shape index (κ3) is 5.97. The van der Waals surface area contributed by atoms with Crippen LogP contribution in [0.5, 0.6) is 5.75 Å². The van der Waals surface area contributed by atoms with Crippen LogP contribution in [0.1, 0.15) is 40.0 Å². The predicted molar refractivity (Wildman–Crippen MR) is 122 cm³/mol. The molecule has 3 rings (SSSR count). The van der Waals surface area contributed by atoms with E-state index in [0.29, 0.717) is 28.5 Å². The molecule has 1 heterocycles. The van der Waals surface area contributed by atoms with E-state index in [-0.39, 0.29) is 24.2 Å². The van der Waals surface area contributed by atoms with Gasteiger partial charge in [-0.2, -0.15) is 0 Å². The van der Waals surface area contributed by atoms with Gasteiger partial charge in [0.15, 0.2) is 0 Å². The van der Waals surface area contributed by atoms with Gasteiger partial charge in [0.25, 0.3) is 11.8 Å². The summed E-state index contributed by atoms with van der Waals surface area (Å²) in [6, 6.07) is 14.1. The first-order chi connectivity index (χ1) is 14.1. The Balaban J connectivity index is 0.00000320. The molecule has 0 aromatic heterocycles. The van der Waals surface area contributed by atoms with Crippen molar-refractivity contribution in [2.45, 2.75) is 19.3 Å². The highest BCUT2D eigenvalue weighted by molar-refractivity contribution is 6.09. The molecule has 0 bridgehead atoms. The number of benzene rings is 2. The molecule has 162 valence electrons. The molecule has 0 aliphatic carbocycles. The van der Waals surface area contributed by atoms with Gasteiger partial charge in [-0.15, -0.1) is 12.4 Å². The van der Waals surface area contributed by atoms with Crippen LogP contribution in [0.15, 0.2) is 48.5 Å². The zero-order valence-corrected chi connectivity index (χ0v) is 18.3. The summed E-state index contributed by atoms with van der Waals surface area (Å²) in [4.78, 5) is 27.6. The van der Waals surface area contributed by atoms with E-state index < -0.39 is 0 Å². The summed E-state index contributed by atoms with van der Waals surface area (Å²) in [5.74, 6) is 1.08. The number of para-hydroxylation sites is 1. The molecule has 2 amide bonds. The third-order valence-electron chi connectivity index (χ3n) is 5.46. The number of hydrogen-bond donors (Lipinski definition) is 2. The molecular formula is C23H30ClN3O3. The normalized spacial score (nSPS) is 14.0. The van der Waals surface area contributed by atoms with E-state index in [0.717, 1.165) is 38.9 Å². The Labute approximate surface area is 184 Å². The number of carbonyl (C=O) groups is 2. The number of amides is 2. The molecule has 1 saturated heterocycles. The summed E-state index contributed by atoms with van der Waals surface area (Å²) >= 11 is 0. The first-order valence-corrected chi connectivity index (χ1v) is 10.1. The lowest BCUT2D eigenvalue weighted by Crippen LogP contribution is -2.39. The maximum absolute atomic E-state index is 13.1. The van der Waals surface area contributed by atoms with Gasteiger partial charge < -0.3 is 20.3 Å². The van der Waals surface area contributed by atoms with Gasteiger partial charge in [-0.3, -0.25) is 9.59 Å². The molecule has 7 heteroatoms. The first-order valence-electron chi connectivity index (χ1n) is 10.1. The Morgan fingerprint density at radius 3 is 2.37 bits per heavy atom. The molecule has 0 radical (unpaired) electrons. The number of ether oxygens (including phenoxy) is 1. The van der Waals surface area contributed by atoms with Crippen LogP contribution in [0.25, 0.3) is 0 Å². The summed E-state index contributed by atoms with van der Waals surface area (Å²) in [7, 11) is 3.55. The minimum Gasteiger partial charge on any atom is -0.497 e. The minimum atomic E-state index is -0.251. The number of hydrogen-bond acceptors (Lipinski definition) is 4. The maximum atomic E-state index is 13.1. The van der Waals surface area contributed by atoms with Crippen LogP contribution in [0.4, 0.5) is 5.69 Å². The Kier molecular flexibility index (Phi) is 9.15. The van der Waals surface area contributed by atoms with Crippen molar-refractivity contribution in [2.75, 3.05) is 39.1 Å². The second kappa shape index (κ2) is 11.6. The van der Waals surface area contributed by atoms with Crippen LogP contribution in [0, 0.1) is 5.92 Å². The van der Waals surface area contributed by atoms with Gasteiger partial charge in [0, 0.05) is 18.7 Å². The summed E-state index contributed by atoms with van der Waals surface area (Å²) in [6.45, 7) is 2.53. The fourth-order valence-corrected chi connectivity index (χ4v) is 3.66. The molecule has 2 N–H and O–H groups in total. The standard InChI is InChI=1S/C23H29N3O3.ClH/c1-24-14-11-17-12-15-26(16-13-17)23(28)20-5-3-4-6-21(20)25-22(27)18-7-9-19(29-2)10-8-18;/h3-10,17,24H,11-16H2,1-2H3,(H,25,27);1H. The molecule has 1 aliphatic heterocycles. The molecular weight excluding hydrogens is 402 g/mol. The molecule has 0 saturated carbocycles. The Bertz CT molecular complexity index is 834. The summed E-state index contributed by atoms with van der Waals surface area (Å²) in [6.07, 6.45) is 3.19. The predicted octanol–water partition coefficient (Wildman–Crippen LogP) is 3.83. The molecule has 6 nitrogen and oxygen atoms in total. The molecule has 2 aromatic carbocycles. The smallest absolute Gasteiger partial charge is 0.255 e. The second-order valence-electron chi connectivity index (χ2n) is 7.36. The molecule has 2 aromatic rings. The van der Waals surface area contributed by atoms with E-state index in [4.69, 9.17) is 4.74 Å². The van der Waals surface area contributed by atoms with Gasteiger partial charge in [-0.25, -0.2) is 0 Å². The molecule has 0 unspecified atom stereocenters. The number of methoxy groups -OCH3 is 1. The monoisotopic (exact) mass is 431 g/mol. The summed E-state index contributed by atoms with van der Waals surface area (Å²) in [5.41, 5.74) is 1.58. The zero-order valence-electron chi connectivity index (χ0n) is 17.5. The lowest BCUT2D eigenvalue weighted by molar-refractivity contribution is 0.0688. The van der Waals surface area contributed by atoms with E-state index in [9.17, 15) is 9.59 Å². The van der Waals surface area contributed by atoms with E-state index in [1.165, 1.54) is 0 Å². The maximum Gasteiger partial charge on any atom is 0.255 e. The molecule has 1 fully saturated rings. The van der Waals surface area contributed by atoms with Crippen molar-refractivity contribution < 1.29 is 14.3 Å². The average Bonchev–Trinajstić information content (AvgIpc) is 2.78. The quantitative estimate of drug-likeness (QED) is 0.698. The minimum absolute atomic E-state index is 0. The lowest BCUT2D eigenvalue weighted by Gasteiger charge is -2.32. The van der Waals surface area contributed by atoms with E-state index in [1.54, 1.807) is 43.5 Å². The van der Waals surface area contributed by atoms with Crippen LogP contribution >= 0.6 is 12.4 Å². The van der Waals surface area contributed by atoms with Crippen LogP contribution in [0.2, 0.25) is 0 Å². The van der Waals surface area contributed by atoms with Crippen LogP contribution in [0.3, 0.4) is 0 Å². The highest BCUT2D eigenvalue weighted by atomic mass is 35.5. The molecule has 30 heavy (non-hydrogen) atoms. The number of nitrogens with zero attached hydrogens (tertiary/aromatic N) is 1. The molecule has 0 atom stereocenters. The lowest BCUT2D eigenvalue weighted by atomic mass is 9.93. The van der Waals surface area contributed by atoms with Gasteiger partial charge in [0.2, 0.25) is 0 Å². The number of carbonyl (C=O) groups excluding carboxylic acids is 2. The van der Waals surface area contributed by atoms with Crippen molar-refractivity contribution in [2.24, 2.45) is 5.92 Å². The van der Waals surface area contributed by atoms with E-state index >= 15 is 0 Å². The average molecular weight is 432 g/mol. The van der Waals surface area contributed by atoms with Crippen molar-refractivity contribution in [1.82, 2.24) is 10.2 Å². The SMILES string of the molecule is CNCCC1CCN(C(=O)c2ccccc2NC(=O)c2ccc(OC)cc2)CC1.Cl. The van der Waals surface area contributed by atoms with Crippen molar-refractivity contribution in [3.8, 4) is 5.75 Å². The number of anilines is 1. The number of piperidine rings is 1. The van der Waals surface area contributed by atoms with Crippen molar-refractivity contribution in [1.29, 1.82) is 0 Å². The summed E-state index contributed by atoms with van der Waals surface area (Å²) in [5, 5.41) is 6.08. The highest BCUT2D eigenvalue weighted by Crippen LogP contribution is 2.24. The van der Waals surface area contributed by atoms with Crippen molar-refractivity contribution in [3.63, 3.8) is 0 Å². The van der Waals surface area contributed by atoms with Crippen LogP contribution in [-0.4, -0.2) is 50.5 Å². The Hall–Kier alpha value is -2.57. The van der Waals surface area contributed by atoms with Crippen molar-refractivity contribution in [3.05, 3.63) is 59.7 Å². The fraction of sp³-hybridized carbons (Fsp3) is 0.391. The Morgan fingerprint density at radius 1 is 1.07 bits per heavy atom. The largest absolute Gasteiger partial charge is 0.497 e. The zero-order chi connectivity index (χ0) is 20.6. The van der Waals surface area contributed by atoms with Gasteiger partial charge in [-0.1, -0.05) is 12.1 Å². The fourth-order valence-electron chi connectivity index (χ4n) is 3.66. The van der Waals surface area contributed by atoms with Gasteiger partial charge >= 0.3 is 0 Å². The third-order valence-corrected chi connectivity index (χ3v) is 5.46. The summed E-state index contributed by atoms with van der Waals surface area (Å²) < 4.78 is 5.13. The van der Waals surface area contributed by atoms with Crippen molar-refractivity contribution >= 4 is 29.9 Å². The van der Waals surface area contributed by atoms with E-state index in [1.807, 2.05) is 24.1 Å². The topological polar surface area (TPSA) is 70.7 Å². The van der Waals surface area contributed by atoms with Gasteiger partial charge in [0.05, 0.1) is 18.4 Å². The highest BCUT2D eigenvalue weighted by Gasteiger charge is 2.25. The van der Waals surface area contributed by atoms with Gasteiger partial charge in [-0.05, 0) is 75.2 Å². The number of nitrogens with one attached hydrogen (secondary N) is 2. The second-order valence-corrected chi connectivity index (χ2v) is 7.36. The van der Waals surface area contributed by atoms with Gasteiger partial charge in [0.1, 0.15) is 5.75 Å². The first kappa shape index (κ1) is 23.7.